The van der Waals surface area contributed by atoms with Gasteiger partial charge in [-0.3, -0.25) is 4.79 Å². The predicted molar refractivity (Wildman–Crippen MR) is 45.0 cm³/mol. The van der Waals surface area contributed by atoms with Crippen LogP contribution in [0.2, 0.25) is 0 Å². The summed E-state index contributed by atoms with van der Waals surface area (Å²) in [5.41, 5.74) is 0. The van der Waals surface area contributed by atoms with Gasteiger partial charge < -0.3 is 0 Å². The zero-order valence-corrected chi connectivity index (χ0v) is 7.35. The maximum atomic E-state index is 11.3. The summed E-state index contributed by atoms with van der Waals surface area (Å²) in [4.78, 5) is 11.3. The third-order valence-electron chi connectivity index (χ3n) is 2.45. The van der Waals surface area contributed by atoms with Crippen molar-refractivity contribution >= 4 is 29.0 Å². The summed E-state index contributed by atoms with van der Waals surface area (Å²) in [5, 5.41) is -0.764. The maximum Gasteiger partial charge on any atom is 0.169 e. The largest absolute Gasteiger partial charge is 0.296 e. The third kappa shape index (κ3) is 1.02. The van der Waals surface area contributed by atoms with Crippen LogP contribution >= 0.6 is 23.2 Å². The van der Waals surface area contributed by atoms with E-state index >= 15 is 0 Å². The van der Waals surface area contributed by atoms with Crippen LogP contribution in [0.1, 0.15) is 6.42 Å². The molecule has 0 aliphatic heterocycles. The van der Waals surface area contributed by atoms with Gasteiger partial charge in [0.1, 0.15) is 0 Å². The Labute approximate surface area is 75.4 Å². The molecule has 0 spiro atoms. The molecular formula is C8H8Cl2O. The molecule has 1 saturated carbocycles. The maximum absolute atomic E-state index is 11.3. The van der Waals surface area contributed by atoms with E-state index in [1.165, 1.54) is 0 Å². The molecule has 2 aliphatic rings. The fourth-order valence-corrected chi connectivity index (χ4v) is 2.47. The number of fused-ring (bicyclic) bond motifs is 2. The first-order valence-corrected chi connectivity index (χ1v) is 4.57. The molecule has 0 aromatic heterocycles. The van der Waals surface area contributed by atoms with Crippen LogP contribution in [0.4, 0.5) is 0 Å². The molecule has 0 saturated heterocycles. The fraction of sp³-hybridized carbons (Fsp3) is 0.625. The van der Waals surface area contributed by atoms with Crippen molar-refractivity contribution in [1.82, 2.24) is 0 Å². The van der Waals surface area contributed by atoms with Crippen LogP contribution in [0.25, 0.3) is 0 Å². The summed E-state index contributed by atoms with van der Waals surface area (Å²) in [7, 11) is 0. The molecule has 2 rings (SSSR count). The Hall–Kier alpha value is -0.0100. The Bertz CT molecular complexity index is 204. The molecule has 4 atom stereocenters. The van der Waals surface area contributed by atoms with E-state index < -0.39 is 0 Å². The quantitative estimate of drug-likeness (QED) is 0.422. The normalized spacial score (nSPS) is 48.4. The number of alkyl halides is 2. The first kappa shape index (κ1) is 7.63. The summed E-state index contributed by atoms with van der Waals surface area (Å²) >= 11 is 11.7. The van der Waals surface area contributed by atoms with E-state index in [4.69, 9.17) is 23.2 Å². The number of carbonyl (C=O) groups is 1. The van der Waals surface area contributed by atoms with Gasteiger partial charge in [-0.05, 0) is 6.42 Å². The number of Topliss-reactive ketones (excluding diaryl/α,β-unsaturated/α-hetero) is 1. The molecule has 1 nitrogen and oxygen atoms in total. The summed E-state index contributed by atoms with van der Waals surface area (Å²) in [6.07, 6.45) is 4.99. The second-order valence-corrected chi connectivity index (χ2v) is 4.09. The second kappa shape index (κ2) is 2.49. The van der Waals surface area contributed by atoms with Gasteiger partial charge in [0, 0.05) is 11.8 Å². The second-order valence-electron chi connectivity index (χ2n) is 3.15. The highest BCUT2D eigenvalue weighted by Crippen LogP contribution is 2.39. The Morgan fingerprint density at radius 2 is 1.64 bits per heavy atom. The van der Waals surface area contributed by atoms with E-state index in [1.54, 1.807) is 0 Å². The fourth-order valence-electron chi connectivity index (χ4n) is 1.76. The van der Waals surface area contributed by atoms with Gasteiger partial charge in [0.15, 0.2) is 5.78 Å². The van der Waals surface area contributed by atoms with Crippen LogP contribution in [0.15, 0.2) is 12.2 Å². The van der Waals surface area contributed by atoms with Crippen molar-refractivity contribution < 1.29 is 4.79 Å². The van der Waals surface area contributed by atoms with E-state index in [0.29, 0.717) is 0 Å². The number of carbonyl (C=O) groups excluding carboxylic acids is 1. The average Bonchev–Trinajstić information content (AvgIpc) is 2.44. The van der Waals surface area contributed by atoms with Gasteiger partial charge in [-0.1, -0.05) is 12.2 Å². The molecular weight excluding hydrogens is 183 g/mol. The number of halogens is 2. The highest BCUT2D eigenvalue weighted by molar-refractivity contribution is 6.41. The van der Waals surface area contributed by atoms with Crippen LogP contribution in [0, 0.1) is 11.8 Å². The minimum absolute atomic E-state index is 0.000386. The van der Waals surface area contributed by atoms with Gasteiger partial charge in [-0.25, -0.2) is 0 Å². The molecule has 0 amide bonds. The Morgan fingerprint density at radius 3 is 2.09 bits per heavy atom. The lowest BCUT2D eigenvalue weighted by molar-refractivity contribution is -0.120. The SMILES string of the molecule is O=C1[C@@H](Cl)[C@H]2C=C[C@@H](C2)[C@H]1Cl. The molecule has 0 heterocycles. The van der Waals surface area contributed by atoms with Crippen molar-refractivity contribution in [1.29, 1.82) is 0 Å². The molecule has 2 bridgehead atoms. The van der Waals surface area contributed by atoms with Crippen LogP contribution in [-0.2, 0) is 4.79 Å². The summed E-state index contributed by atoms with van der Waals surface area (Å²) in [6.45, 7) is 0. The van der Waals surface area contributed by atoms with Crippen molar-refractivity contribution in [2.24, 2.45) is 11.8 Å². The standard InChI is InChI=1S/C8H8Cl2O/c9-6-4-1-2-5(3-4)7(10)8(6)11/h1-2,4-7H,3H2/t4-,5-,6-,7+/m0/s1. The smallest absolute Gasteiger partial charge is 0.169 e. The zero-order valence-electron chi connectivity index (χ0n) is 5.84. The average molecular weight is 191 g/mol. The Kier molecular flexibility index (Phi) is 1.73. The first-order valence-electron chi connectivity index (χ1n) is 3.70. The van der Waals surface area contributed by atoms with Crippen molar-refractivity contribution in [3.8, 4) is 0 Å². The molecule has 0 unspecified atom stereocenters. The van der Waals surface area contributed by atoms with Crippen LogP contribution in [-0.4, -0.2) is 16.5 Å². The molecule has 0 radical (unpaired) electrons. The van der Waals surface area contributed by atoms with Crippen molar-refractivity contribution in [3.63, 3.8) is 0 Å². The molecule has 0 aromatic carbocycles. The highest BCUT2D eigenvalue weighted by atomic mass is 35.5. The van der Waals surface area contributed by atoms with E-state index in [9.17, 15) is 4.79 Å². The number of hydrogen-bond acceptors (Lipinski definition) is 1. The van der Waals surface area contributed by atoms with Crippen molar-refractivity contribution in [2.75, 3.05) is 0 Å². The van der Waals surface area contributed by atoms with Crippen LogP contribution in [0.5, 0.6) is 0 Å². The highest BCUT2D eigenvalue weighted by Gasteiger charge is 2.42. The summed E-state index contributed by atoms with van der Waals surface area (Å²) in [6, 6.07) is 0. The minimum atomic E-state index is -0.382. The summed E-state index contributed by atoms with van der Waals surface area (Å²) in [5.74, 6) is 0.480. The van der Waals surface area contributed by atoms with E-state index in [2.05, 4.69) is 0 Å². The van der Waals surface area contributed by atoms with Gasteiger partial charge in [-0.15, -0.1) is 23.2 Å². The van der Waals surface area contributed by atoms with E-state index in [0.717, 1.165) is 6.42 Å². The van der Waals surface area contributed by atoms with Gasteiger partial charge >= 0.3 is 0 Å². The lowest BCUT2D eigenvalue weighted by Gasteiger charge is -2.26. The third-order valence-corrected chi connectivity index (χ3v) is 3.52. The molecule has 0 N–H and O–H groups in total. The van der Waals surface area contributed by atoms with E-state index in [-0.39, 0.29) is 28.4 Å². The number of hydrogen-bond donors (Lipinski definition) is 0. The molecule has 60 valence electrons. The van der Waals surface area contributed by atoms with Gasteiger partial charge in [0.25, 0.3) is 0 Å². The zero-order chi connectivity index (χ0) is 8.01. The number of rotatable bonds is 0. The van der Waals surface area contributed by atoms with Crippen molar-refractivity contribution in [2.45, 2.75) is 17.2 Å². The van der Waals surface area contributed by atoms with Crippen LogP contribution in [0.3, 0.4) is 0 Å². The first-order chi connectivity index (χ1) is 5.20. The van der Waals surface area contributed by atoms with Gasteiger partial charge in [-0.2, -0.15) is 0 Å². The molecule has 1 fully saturated rings. The van der Waals surface area contributed by atoms with Crippen LogP contribution < -0.4 is 0 Å². The predicted octanol–water partition coefficient (Wildman–Crippen LogP) is 1.98. The van der Waals surface area contributed by atoms with E-state index in [1.807, 2.05) is 12.2 Å². The minimum Gasteiger partial charge on any atom is -0.296 e. The molecule has 2 aliphatic carbocycles. The van der Waals surface area contributed by atoms with Gasteiger partial charge in [0.2, 0.25) is 0 Å². The summed E-state index contributed by atoms with van der Waals surface area (Å²) < 4.78 is 0. The number of allylic oxidation sites excluding steroid dienone is 2. The topological polar surface area (TPSA) is 17.1 Å². The number of ketones is 1. The molecule has 3 heteroatoms. The van der Waals surface area contributed by atoms with Crippen molar-refractivity contribution in [3.05, 3.63) is 12.2 Å². The molecule has 0 aromatic rings. The lowest BCUT2D eigenvalue weighted by atomic mass is 9.86. The molecule has 11 heavy (non-hydrogen) atoms. The monoisotopic (exact) mass is 190 g/mol. The lowest BCUT2D eigenvalue weighted by Crippen LogP contribution is -2.38. The Balaban J connectivity index is 2.29. The Morgan fingerprint density at radius 1 is 1.18 bits per heavy atom. The van der Waals surface area contributed by atoms with Gasteiger partial charge in [0.05, 0.1) is 10.8 Å².